The van der Waals surface area contributed by atoms with Crippen LogP contribution in [0.2, 0.25) is 18.1 Å². The molecule has 0 aromatic heterocycles. The number of hydrogen-bond donors (Lipinski definition) is 0. The Hall–Kier alpha value is 0.657. The second-order valence-corrected chi connectivity index (χ2v) is 15.9. The highest BCUT2D eigenvalue weighted by atomic mass is 79.9. The number of rotatable bonds is 6. The lowest BCUT2D eigenvalue weighted by Gasteiger charge is -2.61. The third-order valence-electron chi connectivity index (χ3n) is 5.64. The van der Waals surface area contributed by atoms with Crippen LogP contribution in [0.5, 0.6) is 0 Å². The third kappa shape index (κ3) is 3.35. The normalized spacial score (nSPS) is 28.1. The summed E-state index contributed by atoms with van der Waals surface area (Å²) in [5, 5.41) is 0.390. The van der Waals surface area contributed by atoms with Gasteiger partial charge in [0, 0.05) is 10.9 Å². The molecule has 0 radical (unpaired) electrons. The predicted octanol–water partition coefficient (Wildman–Crippen LogP) is 6.32. The molecule has 2 unspecified atom stereocenters. The van der Waals surface area contributed by atoms with Gasteiger partial charge in [0.25, 0.3) is 0 Å². The van der Waals surface area contributed by atoms with Gasteiger partial charge in [-0.1, -0.05) is 76.5 Å². The van der Waals surface area contributed by atoms with Gasteiger partial charge in [0.15, 0.2) is 0 Å². The fourth-order valence-electron chi connectivity index (χ4n) is 3.73. The van der Waals surface area contributed by atoms with Crippen LogP contribution >= 0.6 is 15.9 Å². The van der Waals surface area contributed by atoms with Gasteiger partial charge in [-0.05, 0) is 24.8 Å². The van der Waals surface area contributed by atoms with Gasteiger partial charge in [-0.3, -0.25) is 0 Å². The van der Waals surface area contributed by atoms with Crippen molar-refractivity contribution < 1.29 is 4.74 Å². The van der Waals surface area contributed by atoms with Crippen LogP contribution in [0.4, 0.5) is 0 Å². The first-order chi connectivity index (χ1) is 8.94. The molecule has 0 spiro atoms. The van der Waals surface area contributed by atoms with E-state index in [9.17, 15) is 0 Å². The molecule has 1 aliphatic rings. The van der Waals surface area contributed by atoms with Crippen molar-refractivity contribution in [2.45, 2.75) is 107 Å². The highest BCUT2D eigenvalue weighted by Gasteiger charge is 2.60. The van der Waals surface area contributed by atoms with Crippen LogP contribution < -0.4 is 0 Å². The summed E-state index contributed by atoms with van der Waals surface area (Å²) in [5.41, 5.74) is 0.208. The van der Waals surface area contributed by atoms with E-state index < -0.39 is 8.07 Å². The quantitative estimate of drug-likeness (QED) is 0.396. The number of halogens is 1. The van der Waals surface area contributed by atoms with E-state index in [1.807, 2.05) is 0 Å². The lowest BCUT2D eigenvalue weighted by Crippen LogP contribution is -2.68. The monoisotopic (exact) mass is 362 g/mol. The predicted molar refractivity (Wildman–Crippen MR) is 96.6 cm³/mol. The van der Waals surface area contributed by atoms with Gasteiger partial charge in [0.2, 0.25) is 0 Å². The molecule has 0 N–H and O–H groups in total. The molecule has 0 aromatic carbocycles. The molecule has 1 fully saturated rings. The fourth-order valence-corrected chi connectivity index (χ4v) is 8.49. The molecular formula is C17H35BrOSi. The van der Waals surface area contributed by atoms with Crippen LogP contribution in [0, 0.1) is 0 Å². The molecule has 1 aliphatic heterocycles. The molecule has 0 aliphatic carbocycles. The van der Waals surface area contributed by atoms with Gasteiger partial charge in [-0.2, -0.15) is 0 Å². The molecule has 120 valence electrons. The van der Waals surface area contributed by atoms with Crippen molar-refractivity contribution in [1.29, 1.82) is 0 Å². The van der Waals surface area contributed by atoms with Crippen molar-refractivity contribution in [2.75, 3.05) is 0 Å². The molecule has 0 saturated carbocycles. The maximum atomic E-state index is 6.63. The van der Waals surface area contributed by atoms with E-state index in [1.165, 1.54) is 32.1 Å². The van der Waals surface area contributed by atoms with Gasteiger partial charge in [0.05, 0.1) is 19.3 Å². The summed E-state index contributed by atoms with van der Waals surface area (Å²) in [6, 6.07) is 0. The average molecular weight is 363 g/mol. The molecule has 1 saturated heterocycles. The Kier molecular flexibility index (Phi) is 5.65. The molecule has 20 heavy (non-hydrogen) atoms. The Morgan fingerprint density at radius 2 is 1.55 bits per heavy atom. The van der Waals surface area contributed by atoms with Crippen LogP contribution in [-0.2, 0) is 4.74 Å². The zero-order chi connectivity index (χ0) is 15.8. The van der Waals surface area contributed by atoms with Crippen LogP contribution in [0.1, 0.15) is 73.6 Å². The van der Waals surface area contributed by atoms with E-state index in [-0.39, 0.29) is 11.2 Å². The Bertz CT molecular complexity index is 318. The second kappa shape index (κ2) is 6.04. The first kappa shape index (κ1) is 18.7. The smallest absolute Gasteiger partial charge is 0.0789 e. The van der Waals surface area contributed by atoms with E-state index in [2.05, 4.69) is 70.6 Å². The van der Waals surface area contributed by atoms with Crippen molar-refractivity contribution in [1.82, 2.24) is 0 Å². The Labute approximate surface area is 136 Å². The Morgan fingerprint density at radius 1 is 1.15 bits per heavy atom. The lowest BCUT2D eigenvalue weighted by molar-refractivity contribution is -0.264. The molecule has 0 bridgehead atoms. The van der Waals surface area contributed by atoms with Crippen molar-refractivity contribution in [3.63, 3.8) is 0 Å². The summed E-state index contributed by atoms with van der Waals surface area (Å²) in [6.45, 7) is 19.0. The van der Waals surface area contributed by atoms with E-state index in [0.29, 0.717) is 9.49 Å². The van der Waals surface area contributed by atoms with Crippen molar-refractivity contribution in [3.8, 4) is 0 Å². The maximum Gasteiger partial charge on any atom is 0.0789 e. The van der Waals surface area contributed by atoms with E-state index in [0.717, 1.165) is 0 Å². The molecule has 1 rings (SSSR count). The molecule has 0 amide bonds. The lowest BCUT2D eigenvalue weighted by atomic mass is 9.75. The number of alkyl halides is 1. The minimum Gasteiger partial charge on any atom is -0.368 e. The van der Waals surface area contributed by atoms with Gasteiger partial charge in [-0.25, -0.2) is 0 Å². The van der Waals surface area contributed by atoms with Gasteiger partial charge < -0.3 is 4.74 Å². The van der Waals surface area contributed by atoms with Crippen LogP contribution in [0.15, 0.2) is 0 Å². The zero-order valence-electron chi connectivity index (χ0n) is 14.9. The fraction of sp³-hybridized carbons (Fsp3) is 1.00. The molecule has 3 heteroatoms. The van der Waals surface area contributed by atoms with E-state index >= 15 is 0 Å². The average Bonchev–Trinajstić information content (AvgIpc) is 2.25. The molecule has 1 nitrogen and oxygen atoms in total. The van der Waals surface area contributed by atoms with Crippen molar-refractivity contribution in [2.24, 2.45) is 0 Å². The topological polar surface area (TPSA) is 9.23 Å². The summed E-state index contributed by atoms with van der Waals surface area (Å²) in [5.74, 6) is 0. The summed E-state index contributed by atoms with van der Waals surface area (Å²) in [7, 11) is -1.43. The minimum absolute atomic E-state index is 0.0351. The summed E-state index contributed by atoms with van der Waals surface area (Å²) < 4.78 is 7.14. The standard InChI is InChI=1S/C17H35BrOSi/c1-9-11-17(12-10-2)13-16(6,19-17)14(18)20(7,8)15(3,4)5/h14H,9-13H2,1-8H3. The molecule has 0 aromatic rings. The number of hydrogen-bond acceptors (Lipinski definition) is 1. The minimum atomic E-state index is -1.43. The Morgan fingerprint density at radius 3 is 1.85 bits per heavy atom. The first-order valence-electron chi connectivity index (χ1n) is 8.28. The molecule has 1 heterocycles. The summed E-state index contributed by atoms with van der Waals surface area (Å²) in [6.07, 6.45) is 6.11. The first-order valence-corrected chi connectivity index (χ1v) is 12.3. The number of ether oxygens (including phenoxy) is 1. The van der Waals surface area contributed by atoms with Crippen LogP contribution in [0.3, 0.4) is 0 Å². The third-order valence-corrected chi connectivity index (χ3v) is 15.8. The van der Waals surface area contributed by atoms with Gasteiger partial charge in [0.1, 0.15) is 0 Å². The SMILES string of the molecule is CCCC1(CCC)CC(C)(C(Br)[Si](C)(C)C(C)(C)C)O1. The van der Waals surface area contributed by atoms with Crippen molar-refractivity contribution >= 4 is 24.0 Å². The highest BCUT2D eigenvalue weighted by Crippen LogP contribution is 2.55. The van der Waals surface area contributed by atoms with Crippen LogP contribution in [0.25, 0.3) is 0 Å². The molecular weight excluding hydrogens is 328 g/mol. The summed E-state index contributed by atoms with van der Waals surface area (Å²) in [4.78, 5) is 0. The van der Waals surface area contributed by atoms with Gasteiger partial charge >= 0.3 is 0 Å². The van der Waals surface area contributed by atoms with Crippen LogP contribution in [-0.4, -0.2) is 23.7 Å². The second-order valence-electron chi connectivity index (χ2n) is 8.61. The zero-order valence-corrected chi connectivity index (χ0v) is 17.5. The maximum absolute atomic E-state index is 6.63. The van der Waals surface area contributed by atoms with E-state index in [1.54, 1.807) is 0 Å². The van der Waals surface area contributed by atoms with Crippen molar-refractivity contribution in [3.05, 3.63) is 0 Å². The van der Waals surface area contributed by atoms with Gasteiger partial charge in [-0.15, -0.1) is 0 Å². The van der Waals surface area contributed by atoms with E-state index in [4.69, 9.17) is 4.74 Å². The summed E-state index contributed by atoms with van der Waals surface area (Å²) >= 11 is 4.06. The Balaban J connectivity index is 2.84. The molecule has 2 atom stereocenters. The highest BCUT2D eigenvalue weighted by molar-refractivity contribution is 9.10. The largest absolute Gasteiger partial charge is 0.368 e.